The minimum absolute atomic E-state index is 0.0640. The SMILES string of the molecule is COc1cccc([C@@H]2CN(C(=O)c3cnc(C)nc3)[C@@H]3C4CCN(CC4)[C@@H]32)c1. The number of amides is 1. The third-order valence-electron chi connectivity index (χ3n) is 6.80. The summed E-state index contributed by atoms with van der Waals surface area (Å²) in [6, 6.07) is 9.00. The molecular weight excluding hydrogens is 352 g/mol. The van der Waals surface area contributed by atoms with Crippen LogP contribution in [0.5, 0.6) is 5.75 Å². The van der Waals surface area contributed by atoms with E-state index in [4.69, 9.17) is 4.74 Å². The van der Waals surface area contributed by atoms with Crippen LogP contribution in [0.15, 0.2) is 36.7 Å². The van der Waals surface area contributed by atoms with Crippen LogP contribution in [0.1, 0.15) is 40.5 Å². The molecule has 3 atom stereocenters. The Labute approximate surface area is 165 Å². The highest BCUT2D eigenvalue weighted by Crippen LogP contribution is 2.47. The average Bonchev–Trinajstić information content (AvgIpc) is 3.18. The largest absolute Gasteiger partial charge is 0.497 e. The number of aromatic nitrogens is 2. The summed E-state index contributed by atoms with van der Waals surface area (Å²) in [5, 5.41) is 0. The molecule has 6 nitrogen and oxygen atoms in total. The minimum Gasteiger partial charge on any atom is -0.497 e. The number of carbonyl (C=O) groups excluding carboxylic acids is 1. The van der Waals surface area contributed by atoms with Crippen molar-refractivity contribution in [2.24, 2.45) is 5.92 Å². The van der Waals surface area contributed by atoms with E-state index in [0.29, 0.717) is 29.3 Å². The van der Waals surface area contributed by atoms with Crippen molar-refractivity contribution < 1.29 is 9.53 Å². The van der Waals surface area contributed by atoms with Crippen molar-refractivity contribution >= 4 is 5.91 Å². The van der Waals surface area contributed by atoms with Gasteiger partial charge in [0.05, 0.1) is 18.7 Å². The van der Waals surface area contributed by atoms with Crippen LogP contribution in [0.3, 0.4) is 0 Å². The Morgan fingerprint density at radius 2 is 1.89 bits per heavy atom. The van der Waals surface area contributed by atoms with Crippen molar-refractivity contribution in [2.75, 3.05) is 26.7 Å². The van der Waals surface area contributed by atoms with Crippen LogP contribution >= 0.6 is 0 Å². The fraction of sp³-hybridized carbons (Fsp3) is 0.500. The highest BCUT2D eigenvalue weighted by Gasteiger charge is 2.54. The molecule has 1 aromatic carbocycles. The van der Waals surface area contributed by atoms with Gasteiger partial charge in [0.2, 0.25) is 0 Å². The lowest BCUT2D eigenvalue weighted by atomic mass is 9.75. The summed E-state index contributed by atoms with van der Waals surface area (Å²) in [5.74, 6) is 2.52. The number of benzene rings is 1. The highest BCUT2D eigenvalue weighted by molar-refractivity contribution is 5.94. The first-order chi connectivity index (χ1) is 13.7. The van der Waals surface area contributed by atoms with E-state index in [1.54, 1.807) is 19.5 Å². The molecule has 0 radical (unpaired) electrons. The number of likely N-dealkylation sites (tertiary alicyclic amines) is 1. The van der Waals surface area contributed by atoms with Gasteiger partial charge in [-0.05, 0) is 56.5 Å². The van der Waals surface area contributed by atoms with Gasteiger partial charge >= 0.3 is 0 Å². The minimum atomic E-state index is 0.0640. The predicted octanol–water partition coefficient (Wildman–Crippen LogP) is 2.50. The maximum absolute atomic E-state index is 13.4. The third kappa shape index (κ3) is 2.78. The fourth-order valence-corrected chi connectivity index (χ4v) is 5.49. The second-order valence-electron chi connectivity index (χ2n) is 8.21. The molecule has 5 heterocycles. The summed E-state index contributed by atoms with van der Waals surface area (Å²) in [5.41, 5.74) is 1.85. The first-order valence-corrected chi connectivity index (χ1v) is 10.1. The number of rotatable bonds is 3. The molecule has 28 heavy (non-hydrogen) atoms. The van der Waals surface area contributed by atoms with Crippen molar-refractivity contribution in [2.45, 2.75) is 37.8 Å². The van der Waals surface area contributed by atoms with Crippen molar-refractivity contribution in [3.63, 3.8) is 0 Å². The monoisotopic (exact) mass is 378 g/mol. The van der Waals surface area contributed by atoms with E-state index < -0.39 is 0 Å². The molecular formula is C22H26N4O2. The summed E-state index contributed by atoms with van der Waals surface area (Å²) in [7, 11) is 1.70. The van der Waals surface area contributed by atoms with Gasteiger partial charge in [-0.2, -0.15) is 0 Å². The van der Waals surface area contributed by atoms with E-state index in [0.717, 1.165) is 25.4 Å². The Morgan fingerprint density at radius 1 is 1.14 bits per heavy atom. The fourth-order valence-electron chi connectivity index (χ4n) is 5.49. The number of piperidine rings is 3. The topological polar surface area (TPSA) is 58.6 Å². The van der Waals surface area contributed by atoms with Crippen LogP contribution in [0.2, 0.25) is 0 Å². The molecule has 1 aromatic heterocycles. The Kier molecular flexibility index (Phi) is 4.31. The zero-order valence-corrected chi connectivity index (χ0v) is 16.4. The first-order valence-electron chi connectivity index (χ1n) is 10.1. The molecule has 4 aliphatic heterocycles. The van der Waals surface area contributed by atoms with Gasteiger partial charge in [-0.1, -0.05) is 12.1 Å². The van der Waals surface area contributed by atoms with Crippen LogP contribution in [0.25, 0.3) is 0 Å². The van der Waals surface area contributed by atoms with Crippen LogP contribution < -0.4 is 4.74 Å². The summed E-state index contributed by atoms with van der Waals surface area (Å²) < 4.78 is 5.46. The number of nitrogens with zero attached hydrogens (tertiary/aromatic N) is 4. The van der Waals surface area contributed by atoms with Gasteiger partial charge in [0.15, 0.2) is 0 Å². The van der Waals surface area contributed by atoms with Crippen molar-refractivity contribution in [3.05, 3.63) is 53.6 Å². The molecule has 2 aromatic rings. The number of aryl methyl sites for hydroxylation is 1. The Morgan fingerprint density at radius 3 is 2.61 bits per heavy atom. The quantitative estimate of drug-likeness (QED) is 0.821. The molecule has 6 heteroatoms. The Hall–Kier alpha value is -2.47. The highest BCUT2D eigenvalue weighted by atomic mass is 16.5. The summed E-state index contributed by atoms with van der Waals surface area (Å²) in [6.07, 6.45) is 5.69. The molecule has 4 fully saturated rings. The average molecular weight is 378 g/mol. The lowest BCUT2D eigenvalue weighted by Crippen LogP contribution is -2.60. The standard InChI is InChI=1S/C22H26N4O2/c1-14-23-11-17(12-24-14)22(27)26-13-19(16-4-3-5-18(10-16)28-2)21-20(26)15-6-8-25(21)9-7-15/h3-5,10-12,15,19-21H,6-9,13H2,1-2H3/t19-,20+,21+/m0/s1. The maximum atomic E-state index is 13.4. The van der Waals surface area contributed by atoms with E-state index >= 15 is 0 Å². The van der Waals surface area contributed by atoms with Crippen LogP contribution in [-0.2, 0) is 0 Å². The van der Waals surface area contributed by atoms with Gasteiger partial charge in [0, 0.05) is 30.9 Å². The van der Waals surface area contributed by atoms with E-state index in [1.165, 1.54) is 18.4 Å². The van der Waals surface area contributed by atoms with Gasteiger partial charge < -0.3 is 9.64 Å². The molecule has 0 aliphatic carbocycles. The number of hydrogen-bond donors (Lipinski definition) is 0. The van der Waals surface area contributed by atoms with Crippen molar-refractivity contribution in [3.8, 4) is 5.75 Å². The Balaban J connectivity index is 1.51. The first kappa shape index (κ1) is 17.6. The summed E-state index contributed by atoms with van der Waals surface area (Å²) >= 11 is 0. The van der Waals surface area contributed by atoms with E-state index in [-0.39, 0.29) is 11.9 Å². The normalized spacial score (nSPS) is 30.9. The predicted molar refractivity (Wildman–Crippen MR) is 105 cm³/mol. The van der Waals surface area contributed by atoms with Crippen LogP contribution in [0.4, 0.5) is 0 Å². The number of fused-ring (bicyclic) bond motifs is 2. The second-order valence-corrected chi connectivity index (χ2v) is 8.21. The van der Waals surface area contributed by atoms with Crippen molar-refractivity contribution in [1.29, 1.82) is 0 Å². The van der Waals surface area contributed by atoms with Crippen molar-refractivity contribution in [1.82, 2.24) is 19.8 Å². The van der Waals surface area contributed by atoms with Crippen LogP contribution in [0, 0.1) is 12.8 Å². The van der Waals surface area contributed by atoms with E-state index in [2.05, 4.69) is 38.0 Å². The smallest absolute Gasteiger partial charge is 0.257 e. The van der Waals surface area contributed by atoms with Gasteiger partial charge in [0.1, 0.15) is 11.6 Å². The molecule has 4 aliphatic rings. The van der Waals surface area contributed by atoms with Gasteiger partial charge in [0.25, 0.3) is 5.91 Å². The second kappa shape index (κ2) is 6.85. The third-order valence-corrected chi connectivity index (χ3v) is 6.80. The van der Waals surface area contributed by atoms with Gasteiger partial charge in [-0.3, -0.25) is 9.69 Å². The van der Waals surface area contributed by atoms with E-state index in [9.17, 15) is 4.79 Å². The molecule has 1 amide bonds. The zero-order chi connectivity index (χ0) is 19.3. The number of methoxy groups -OCH3 is 1. The molecule has 4 saturated heterocycles. The molecule has 146 valence electrons. The molecule has 0 saturated carbocycles. The number of carbonyl (C=O) groups is 1. The summed E-state index contributed by atoms with van der Waals surface area (Å²) in [6.45, 7) is 4.86. The number of hydrogen-bond acceptors (Lipinski definition) is 5. The summed E-state index contributed by atoms with van der Waals surface area (Å²) in [4.78, 5) is 26.6. The number of ether oxygens (including phenoxy) is 1. The molecule has 0 spiro atoms. The zero-order valence-electron chi connectivity index (χ0n) is 16.4. The lowest BCUT2D eigenvalue weighted by Gasteiger charge is -2.51. The van der Waals surface area contributed by atoms with E-state index in [1.807, 2.05) is 13.0 Å². The molecule has 6 rings (SSSR count). The van der Waals surface area contributed by atoms with Crippen LogP contribution in [-0.4, -0.2) is 64.5 Å². The molecule has 0 unspecified atom stereocenters. The molecule has 0 N–H and O–H groups in total. The van der Waals surface area contributed by atoms with Gasteiger partial charge in [-0.15, -0.1) is 0 Å². The Bertz CT molecular complexity index is 876. The molecule has 2 bridgehead atoms. The maximum Gasteiger partial charge on any atom is 0.257 e. The van der Waals surface area contributed by atoms with Gasteiger partial charge in [-0.25, -0.2) is 9.97 Å². The lowest BCUT2D eigenvalue weighted by molar-refractivity contribution is -0.00344.